The molecule has 124 valence electrons. The minimum absolute atomic E-state index is 0.240. The highest BCUT2D eigenvalue weighted by Crippen LogP contribution is 2.28. The van der Waals surface area contributed by atoms with Gasteiger partial charge < -0.3 is 11.2 Å². The maximum absolute atomic E-state index is 13.3. The van der Waals surface area contributed by atoms with Gasteiger partial charge in [-0.1, -0.05) is 17.8 Å². The Balaban J connectivity index is 1.97. The molecule has 11 heteroatoms. The number of aryl methyl sites for hydroxylation is 1. The van der Waals surface area contributed by atoms with Crippen LogP contribution in [0.4, 0.5) is 23.2 Å². The first-order chi connectivity index (χ1) is 10.7. The third-order valence-corrected chi connectivity index (χ3v) is 3.65. The molecule has 0 saturated heterocycles. The molecule has 6 nitrogen and oxygen atoms in total. The van der Waals surface area contributed by atoms with E-state index in [1.165, 1.54) is 12.1 Å². The van der Waals surface area contributed by atoms with Crippen LogP contribution < -0.4 is 11.2 Å². The molecule has 0 aliphatic rings. The van der Waals surface area contributed by atoms with Crippen molar-refractivity contribution in [2.75, 3.05) is 16.9 Å². The van der Waals surface area contributed by atoms with Crippen molar-refractivity contribution in [3.05, 3.63) is 35.4 Å². The number of alkyl halides is 3. The average Bonchev–Trinajstić information content (AvgIpc) is 2.82. The summed E-state index contributed by atoms with van der Waals surface area (Å²) in [7, 11) is 0. The summed E-state index contributed by atoms with van der Waals surface area (Å²) in [5.74, 6) is 2.59. The van der Waals surface area contributed by atoms with E-state index in [9.17, 15) is 22.4 Å². The van der Waals surface area contributed by atoms with Crippen LogP contribution in [0, 0.1) is 12.7 Å². The molecule has 1 heterocycles. The van der Waals surface area contributed by atoms with Gasteiger partial charge in [0.25, 0.3) is 5.82 Å². The summed E-state index contributed by atoms with van der Waals surface area (Å²) < 4.78 is 51.1. The maximum atomic E-state index is 13.3. The number of nitrogens with two attached hydrogens (primary N) is 1. The number of rotatable bonds is 4. The molecular formula is C12H11F4N5OS. The lowest BCUT2D eigenvalue weighted by molar-refractivity contribution is -0.146. The molecule has 0 saturated carbocycles. The number of amides is 1. The second-order valence-corrected chi connectivity index (χ2v) is 5.42. The maximum Gasteiger partial charge on any atom is 0.453 e. The number of carbonyl (C=O) groups excluding carboxylic acids is 1. The zero-order chi connectivity index (χ0) is 17.2. The Labute approximate surface area is 132 Å². The van der Waals surface area contributed by atoms with Gasteiger partial charge in [0, 0.05) is 5.69 Å². The fourth-order valence-electron chi connectivity index (χ4n) is 1.57. The second-order valence-electron chi connectivity index (χ2n) is 4.47. The smallest absolute Gasteiger partial charge is 0.335 e. The molecule has 0 aliphatic heterocycles. The minimum Gasteiger partial charge on any atom is -0.335 e. The van der Waals surface area contributed by atoms with Crippen molar-refractivity contribution < 1.29 is 22.4 Å². The molecule has 0 bridgehead atoms. The molecule has 3 N–H and O–H groups in total. The fraction of sp³-hybridized carbons (Fsp3) is 0.250. The van der Waals surface area contributed by atoms with E-state index < -0.39 is 23.7 Å². The molecule has 2 aromatic rings. The molecule has 1 aromatic heterocycles. The number of thioether (sulfide) groups is 1. The van der Waals surface area contributed by atoms with Gasteiger partial charge in [-0.3, -0.25) is 4.79 Å². The Kier molecular flexibility index (Phi) is 4.78. The summed E-state index contributed by atoms with van der Waals surface area (Å²) >= 11 is 0.677. The third-order valence-electron chi connectivity index (χ3n) is 2.71. The van der Waals surface area contributed by atoms with Crippen LogP contribution >= 0.6 is 11.8 Å². The summed E-state index contributed by atoms with van der Waals surface area (Å²) in [4.78, 5) is 11.7. The van der Waals surface area contributed by atoms with Gasteiger partial charge in [-0.25, -0.2) is 9.07 Å². The number of hydrogen-bond acceptors (Lipinski definition) is 5. The van der Waals surface area contributed by atoms with Gasteiger partial charge in [-0.15, -0.1) is 10.2 Å². The van der Waals surface area contributed by atoms with Crippen molar-refractivity contribution in [3.8, 4) is 0 Å². The quantitative estimate of drug-likeness (QED) is 0.502. The van der Waals surface area contributed by atoms with Crippen molar-refractivity contribution >= 4 is 23.4 Å². The van der Waals surface area contributed by atoms with Gasteiger partial charge in [0.1, 0.15) is 5.82 Å². The van der Waals surface area contributed by atoms with Gasteiger partial charge in [-0.05, 0) is 24.6 Å². The van der Waals surface area contributed by atoms with E-state index in [4.69, 9.17) is 5.84 Å². The van der Waals surface area contributed by atoms with Crippen LogP contribution in [0.2, 0.25) is 0 Å². The van der Waals surface area contributed by atoms with Crippen molar-refractivity contribution in [2.24, 2.45) is 0 Å². The first-order valence-electron chi connectivity index (χ1n) is 6.15. The zero-order valence-electron chi connectivity index (χ0n) is 11.7. The summed E-state index contributed by atoms with van der Waals surface area (Å²) in [6, 6.07) is 4.14. The van der Waals surface area contributed by atoms with E-state index in [0.717, 1.165) is 6.07 Å². The number of aromatic nitrogens is 3. The number of halogens is 4. The predicted molar refractivity (Wildman–Crippen MR) is 75.7 cm³/mol. The largest absolute Gasteiger partial charge is 0.453 e. The highest BCUT2D eigenvalue weighted by atomic mass is 32.2. The normalized spacial score (nSPS) is 11.5. The fourth-order valence-corrected chi connectivity index (χ4v) is 2.22. The Hall–Kier alpha value is -2.30. The molecule has 2 rings (SSSR count). The highest BCUT2D eigenvalue weighted by molar-refractivity contribution is 7.99. The highest BCUT2D eigenvalue weighted by Gasteiger charge is 2.38. The summed E-state index contributed by atoms with van der Waals surface area (Å²) in [5, 5.41) is 8.36. The lowest BCUT2D eigenvalue weighted by Gasteiger charge is -2.07. The monoisotopic (exact) mass is 349 g/mol. The van der Waals surface area contributed by atoms with Crippen LogP contribution in [0.5, 0.6) is 0 Å². The molecule has 0 aliphatic carbocycles. The number of anilines is 1. The Morgan fingerprint density at radius 2 is 2.09 bits per heavy atom. The Morgan fingerprint density at radius 1 is 1.39 bits per heavy atom. The minimum atomic E-state index is -4.73. The molecule has 0 atom stereocenters. The SMILES string of the molecule is Cc1ccc(NC(=O)CSc2nnc(C(F)(F)F)n2N)cc1F. The lowest BCUT2D eigenvalue weighted by Crippen LogP contribution is -2.22. The number of nitrogens with zero attached hydrogens (tertiary/aromatic N) is 3. The van der Waals surface area contributed by atoms with Gasteiger partial charge in [0.15, 0.2) is 0 Å². The van der Waals surface area contributed by atoms with E-state index in [1.54, 1.807) is 6.92 Å². The summed E-state index contributed by atoms with van der Waals surface area (Å²) in [6.45, 7) is 1.57. The second kappa shape index (κ2) is 6.44. The Bertz CT molecular complexity index is 731. The van der Waals surface area contributed by atoms with Gasteiger partial charge in [-0.2, -0.15) is 13.2 Å². The van der Waals surface area contributed by atoms with Crippen LogP contribution in [0.3, 0.4) is 0 Å². The molecule has 0 spiro atoms. The zero-order valence-corrected chi connectivity index (χ0v) is 12.5. The first-order valence-corrected chi connectivity index (χ1v) is 7.13. The van der Waals surface area contributed by atoms with E-state index in [2.05, 4.69) is 15.5 Å². The van der Waals surface area contributed by atoms with Crippen molar-refractivity contribution in [1.29, 1.82) is 0 Å². The topological polar surface area (TPSA) is 85.8 Å². The molecule has 1 amide bonds. The number of carbonyl (C=O) groups is 1. The third kappa shape index (κ3) is 4.12. The summed E-state index contributed by atoms with van der Waals surface area (Å²) in [6.07, 6.45) is -4.73. The van der Waals surface area contributed by atoms with E-state index in [1.807, 2.05) is 0 Å². The molecule has 0 unspecified atom stereocenters. The summed E-state index contributed by atoms with van der Waals surface area (Å²) in [5.41, 5.74) is 0.664. The first kappa shape index (κ1) is 17.1. The van der Waals surface area contributed by atoms with Crippen molar-refractivity contribution in [1.82, 2.24) is 14.9 Å². The van der Waals surface area contributed by atoms with Crippen molar-refractivity contribution in [3.63, 3.8) is 0 Å². The van der Waals surface area contributed by atoms with Gasteiger partial charge in [0.2, 0.25) is 11.1 Å². The number of nitrogens with one attached hydrogen (secondary N) is 1. The number of nitrogen functional groups attached to an aromatic ring is 1. The standard InChI is InChI=1S/C12H11F4N5OS/c1-6-2-3-7(4-8(6)13)18-9(22)5-23-11-20-19-10(21(11)17)12(14,15)16/h2-4H,5,17H2,1H3,(H,18,22). The average molecular weight is 349 g/mol. The van der Waals surface area contributed by atoms with Gasteiger partial charge in [0.05, 0.1) is 5.75 Å². The van der Waals surface area contributed by atoms with Crippen LogP contribution in [-0.4, -0.2) is 26.5 Å². The number of benzene rings is 1. The molecular weight excluding hydrogens is 338 g/mol. The molecule has 23 heavy (non-hydrogen) atoms. The molecule has 1 aromatic carbocycles. The molecule has 0 radical (unpaired) electrons. The predicted octanol–water partition coefficient (Wildman–Crippen LogP) is 2.19. The number of hydrogen-bond donors (Lipinski definition) is 2. The van der Waals surface area contributed by atoms with E-state index in [-0.39, 0.29) is 21.3 Å². The van der Waals surface area contributed by atoms with Crippen LogP contribution in [-0.2, 0) is 11.0 Å². The van der Waals surface area contributed by atoms with E-state index >= 15 is 0 Å². The Morgan fingerprint density at radius 3 is 2.65 bits per heavy atom. The van der Waals surface area contributed by atoms with Crippen LogP contribution in [0.15, 0.2) is 23.4 Å². The van der Waals surface area contributed by atoms with Crippen LogP contribution in [0.1, 0.15) is 11.4 Å². The molecule has 0 fully saturated rings. The van der Waals surface area contributed by atoms with Gasteiger partial charge >= 0.3 is 6.18 Å². The van der Waals surface area contributed by atoms with E-state index in [0.29, 0.717) is 17.3 Å². The van der Waals surface area contributed by atoms with Crippen LogP contribution in [0.25, 0.3) is 0 Å². The van der Waals surface area contributed by atoms with Crippen molar-refractivity contribution in [2.45, 2.75) is 18.3 Å². The lowest BCUT2D eigenvalue weighted by atomic mass is 10.2.